The lowest BCUT2D eigenvalue weighted by atomic mass is 9.79. The third kappa shape index (κ3) is 3.71. The van der Waals surface area contributed by atoms with Crippen molar-refractivity contribution in [1.82, 2.24) is 0 Å². The lowest BCUT2D eigenvalue weighted by molar-refractivity contribution is -0.0347. The molecule has 1 aliphatic rings. The molecule has 1 fully saturated rings. The first-order chi connectivity index (χ1) is 10.2. The molecular formula is C17H22O4. The summed E-state index contributed by atoms with van der Waals surface area (Å²) in [5, 5.41) is 8.72. The molecule has 1 N–H and O–H groups in total. The molecule has 1 aliphatic carbocycles. The van der Waals surface area contributed by atoms with E-state index >= 15 is 0 Å². The lowest BCUT2D eigenvalue weighted by Crippen LogP contribution is -2.43. The van der Waals surface area contributed by atoms with Crippen molar-refractivity contribution in [3.63, 3.8) is 0 Å². The van der Waals surface area contributed by atoms with Gasteiger partial charge in [0.15, 0.2) is 12.6 Å². The Hall–Kier alpha value is -1.65. The highest BCUT2D eigenvalue weighted by Crippen LogP contribution is 2.35. The van der Waals surface area contributed by atoms with E-state index in [0.29, 0.717) is 17.9 Å². The van der Waals surface area contributed by atoms with Gasteiger partial charge in [-0.2, -0.15) is 0 Å². The molecule has 1 aromatic carbocycles. The van der Waals surface area contributed by atoms with Crippen LogP contribution < -0.4 is 4.74 Å². The van der Waals surface area contributed by atoms with E-state index in [4.69, 9.17) is 14.6 Å². The van der Waals surface area contributed by atoms with E-state index < -0.39 is 5.60 Å². The van der Waals surface area contributed by atoms with Crippen LogP contribution >= 0.6 is 0 Å². The zero-order chi connectivity index (χ0) is 15.1. The maximum atomic E-state index is 12.8. The second kappa shape index (κ2) is 7.38. The minimum atomic E-state index is -0.716. The largest absolute Gasteiger partial charge is 0.468 e. The van der Waals surface area contributed by atoms with Crippen LogP contribution in [0.25, 0.3) is 0 Å². The normalized spacial score (nSPS) is 17.2. The summed E-state index contributed by atoms with van der Waals surface area (Å²) in [6.45, 7) is 3.67. The number of Topliss-reactive ketones (excluding diaryl/α,β-unsaturated/α-hetero) is 1. The smallest absolute Gasteiger partial charge is 0.194 e. The molecule has 0 bridgehead atoms. The number of carbonyl (C=O) groups excluding carboxylic acids is 1. The van der Waals surface area contributed by atoms with Crippen LogP contribution in [0.2, 0.25) is 0 Å². The fourth-order valence-electron chi connectivity index (χ4n) is 2.82. The Labute approximate surface area is 125 Å². The number of hydrogen-bond acceptors (Lipinski definition) is 4. The number of hydrogen-bond donors (Lipinski definition) is 1. The van der Waals surface area contributed by atoms with Gasteiger partial charge in [0.2, 0.25) is 0 Å². The van der Waals surface area contributed by atoms with Gasteiger partial charge in [-0.25, -0.2) is 0 Å². The first-order valence-corrected chi connectivity index (χ1v) is 7.35. The number of rotatable bonds is 7. The van der Waals surface area contributed by atoms with E-state index in [-0.39, 0.29) is 12.6 Å². The molecule has 0 aliphatic heterocycles. The van der Waals surface area contributed by atoms with E-state index in [1.807, 2.05) is 0 Å². The van der Waals surface area contributed by atoms with Crippen molar-refractivity contribution in [2.24, 2.45) is 0 Å². The number of aliphatic hydroxyl groups is 1. The Balaban J connectivity index is 2.18. The zero-order valence-electron chi connectivity index (χ0n) is 12.2. The first-order valence-electron chi connectivity index (χ1n) is 7.35. The average molecular weight is 290 g/mol. The summed E-state index contributed by atoms with van der Waals surface area (Å²) < 4.78 is 10.9. The molecule has 0 saturated heterocycles. The Bertz CT molecular complexity index is 472. The molecule has 0 spiro atoms. The molecule has 4 nitrogen and oxygen atoms in total. The topological polar surface area (TPSA) is 55.8 Å². The van der Waals surface area contributed by atoms with Crippen LogP contribution in [-0.4, -0.2) is 29.9 Å². The molecule has 0 atom stereocenters. The van der Waals surface area contributed by atoms with Crippen LogP contribution in [0.15, 0.2) is 36.9 Å². The quantitative estimate of drug-likeness (QED) is 0.476. The van der Waals surface area contributed by atoms with Crippen LogP contribution in [0.3, 0.4) is 0 Å². The molecule has 4 heteroatoms. The second-order valence-electron chi connectivity index (χ2n) is 5.28. The molecule has 0 radical (unpaired) electrons. The highest BCUT2D eigenvalue weighted by atomic mass is 16.6. The zero-order valence-corrected chi connectivity index (χ0v) is 12.2. The van der Waals surface area contributed by atoms with Crippen molar-refractivity contribution >= 4 is 5.78 Å². The Kier molecular flexibility index (Phi) is 5.53. The second-order valence-corrected chi connectivity index (χ2v) is 5.28. The molecule has 0 heterocycles. The maximum Gasteiger partial charge on any atom is 0.194 e. The Morgan fingerprint density at radius 1 is 1.24 bits per heavy atom. The molecule has 2 rings (SSSR count). The van der Waals surface area contributed by atoms with Crippen LogP contribution in [0.5, 0.6) is 5.75 Å². The lowest BCUT2D eigenvalue weighted by Gasteiger charge is -2.35. The fourth-order valence-corrected chi connectivity index (χ4v) is 2.82. The van der Waals surface area contributed by atoms with Gasteiger partial charge >= 0.3 is 0 Å². The van der Waals surface area contributed by atoms with Gasteiger partial charge in [0, 0.05) is 5.56 Å². The minimum absolute atomic E-state index is 0.0274. The molecular weight excluding hydrogens is 268 g/mol. The van der Waals surface area contributed by atoms with Crippen molar-refractivity contribution in [3.05, 3.63) is 42.5 Å². The Morgan fingerprint density at radius 2 is 1.90 bits per heavy atom. The van der Waals surface area contributed by atoms with Crippen LogP contribution in [0, 0.1) is 0 Å². The van der Waals surface area contributed by atoms with Gasteiger partial charge in [-0.3, -0.25) is 4.79 Å². The van der Waals surface area contributed by atoms with Crippen molar-refractivity contribution in [3.8, 4) is 5.75 Å². The predicted molar refractivity (Wildman–Crippen MR) is 80.5 cm³/mol. The molecule has 0 amide bonds. The van der Waals surface area contributed by atoms with Crippen molar-refractivity contribution in [1.29, 1.82) is 0 Å². The van der Waals surface area contributed by atoms with E-state index in [2.05, 4.69) is 6.58 Å². The highest BCUT2D eigenvalue weighted by Gasteiger charge is 2.40. The summed E-state index contributed by atoms with van der Waals surface area (Å²) in [5.41, 5.74) is -0.0996. The van der Waals surface area contributed by atoms with Crippen LogP contribution in [0.4, 0.5) is 0 Å². The molecule has 0 unspecified atom stereocenters. The fraction of sp³-hybridized carbons (Fsp3) is 0.471. The number of ketones is 1. The Morgan fingerprint density at radius 3 is 2.48 bits per heavy atom. The molecule has 1 aromatic rings. The standard InChI is InChI=1S/C17H22O4/c1-2-12-21-17(10-4-3-5-11-17)16(19)14-6-8-15(9-7-14)20-13-18/h2,6-9,18H,1,3-5,10-13H2. The number of aliphatic hydroxyl groups excluding tert-OH is 1. The van der Waals surface area contributed by atoms with Crippen LogP contribution in [0.1, 0.15) is 42.5 Å². The number of carbonyl (C=O) groups is 1. The third-order valence-corrected chi connectivity index (χ3v) is 3.90. The summed E-state index contributed by atoms with van der Waals surface area (Å²) in [5.74, 6) is 0.568. The van der Waals surface area contributed by atoms with Gasteiger partial charge < -0.3 is 14.6 Å². The minimum Gasteiger partial charge on any atom is -0.468 e. The predicted octanol–water partition coefficient (Wildman–Crippen LogP) is 3.10. The summed E-state index contributed by atoms with van der Waals surface area (Å²) in [4.78, 5) is 12.8. The van der Waals surface area contributed by atoms with Crippen molar-refractivity contribution < 1.29 is 19.4 Å². The molecule has 114 valence electrons. The summed E-state index contributed by atoms with van der Waals surface area (Å²) in [6, 6.07) is 6.82. The van der Waals surface area contributed by atoms with Gasteiger partial charge in [-0.15, -0.1) is 6.58 Å². The van der Waals surface area contributed by atoms with E-state index in [9.17, 15) is 4.79 Å². The molecule has 0 aromatic heterocycles. The van der Waals surface area contributed by atoms with Gasteiger partial charge in [0.05, 0.1) is 6.61 Å². The summed E-state index contributed by atoms with van der Waals surface area (Å²) >= 11 is 0. The van der Waals surface area contributed by atoms with Gasteiger partial charge in [-0.05, 0) is 37.1 Å². The number of ether oxygens (including phenoxy) is 2. The van der Waals surface area contributed by atoms with E-state index in [0.717, 1.165) is 32.1 Å². The van der Waals surface area contributed by atoms with Crippen molar-refractivity contribution in [2.45, 2.75) is 37.7 Å². The third-order valence-electron chi connectivity index (χ3n) is 3.90. The van der Waals surface area contributed by atoms with E-state index in [1.54, 1.807) is 30.3 Å². The molecule has 21 heavy (non-hydrogen) atoms. The molecule has 1 saturated carbocycles. The van der Waals surface area contributed by atoms with Gasteiger partial charge in [0.25, 0.3) is 0 Å². The highest BCUT2D eigenvalue weighted by molar-refractivity contribution is 6.02. The maximum absolute atomic E-state index is 12.8. The average Bonchev–Trinajstić information content (AvgIpc) is 2.54. The van der Waals surface area contributed by atoms with E-state index in [1.165, 1.54) is 0 Å². The summed E-state index contributed by atoms with van der Waals surface area (Å²) in [7, 11) is 0. The van der Waals surface area contributed by atoms with Gasteiger partial charge in [0.1, 0.15) is 11.4 Å². The van der Waals surface area contributed by atoms with Crippen molar-refractivity contribution in [2.75, 3.05) is 13.4 Å². The monoisotopic (exact) mass is 290 g/mol. The SMILES string of the molecule is C=CCOC1(C(=O)c2ccc(OCO)cc2)CCCCC1. The van der Waals surface area contributed by atoms with Gasteiger partial charge in [-0.1, -0.05) is 25.3 Å². The first kappa shape index (κ1) is 15.7. The van der Waals surface area contributed by atoms with Crippen LogP contribution in [-0.2, 0) is 4.74 Å². The number of benzene rings is 1. The summed E-state index contributed by atoms with van der Waals surface area (Å²) in [6.07, 6.45) is 6.36.